The van der Waals surface area contributed by atoms with E-state index >= 15 is 4.39 Å². The second-order valence-corrected chi connectivity index (χ2v) is 16.1. The summed E-state index contributed by atoms with van der Waals surface area (Å²) in [5, 5.41) is 16.6. The molecule has 1 aromatic heterocycles. The average molecular weight is 929 g/mol. The van der Waals surface area contributed by atoms with Gasteiger partial charge in [0.2, 0.25) is 17.7 Å². The molecule has 68 heavy (non-hydrogen) atoms. The number of para-hydroxylation sites is 1. The number of amides is 4. The van der Waals surface area contributed by atoms with Crippen molar-refractivity contribution >= 4 is 57.4 Å². The standard InChI is InChI=1S/C27H27FN4O2.C17H21N5O3.C5H6.C2H6.CH5N/c1-3-16-6-8-17(9-7-16)21-15-18(32-14-4-5-23(32)33)10-11-19(21)20-12-13-22(31-2)24(25(20)28)26(29)27(30)34;1-20-15-11(21-9-7-18-8-10-21)3-2-4-12(15)22(17(20)25)13-5-6-14(23)19-16(13)24;1-5-3-2-4-5;2*1-2/h6-13,15,29,31H,3-5,14H2,1-2H3,(H2,30,34);2-4,13,18H,5-10H2,1H3,(H,19,23,24);2-4H,1H3;1-2H3;2H2,1H3. The SMILES string of the molecule is CC.CC1=CC=C1.CCc1ccc(-c2cc(N3CCCC3=O)ccc2-c2ccc(NC)c(C(=N)C(N)=O)c2F)cc1.CN.Cn1c(=O)n(C2CCC(=O)NC2=O)c2cccc(N3CCNCC3)c21. The molecule has 1 atom stereocenters. The summed E-state index contributed by atoms with van der Waals surface area (Å²) in [7, 11) is 4.83. The van der Waals surface area contributed by atoms with Crippen LogP contribution in [0, 0.1) is 11.2 Å². The Kier molecular flexibility index (Phi) is 18.3. The lowest BCUT2D eigenvalue weighted by molar-refractivity contribution is -0.135. The average Bonchev–Trinajstić information content (AvgIpc) is 3.91. The Morgan fingerprint density at radius 3 is 2.13 bits per heavy atom. The first kappa shape index (κ1) is 51.8. The minimum Gasteiger partial charge on any atom is -0.387 e. The molecule has 15 nitrogen and oxygen atoms in total. The normalized spacial score (nSPS) is 16.0. The third-order valence-electron chi connectivity index (χ3n) is 12.0. The maximum Gasteiger partial charge on any atom is 0.329 e. The summed E-state index contributed by atoms with van der Waals surface area (Å²) in [5.41, 5.74) is 17.5. The van der Waals surface area contributed by atoms with Gasteiger partial charge in [-0.15, -0.1) is 0 Å². The Balaban J connectivity index is 0.000000222. The topological polar surface area (TPSA) is 214 Å². The number of benzene rings is 4. The second kappa shape index (κ2) is 24.0. The number of piperazine rings is 1. The molecule has 16 heteroatoms. The highest BCUT2D eigenvalue weighted by Crippen LogP contribution is 2.40. The third-order valence-corrected chi connectivity index (χ3v) is 12.0. The number of carbonyl (C=O) groups is 4. The first-order valence-corrected chi connectivity index (χ1v) is 23.2. The maximum absolute atomic E-state index is 15.8. The fourth-order valence-electron chi connectivity index (χ4n) is 8.47. The van der Waals surface area contributed by atoms with E-state index in [0.29, 0.717) is 30.6 Å². The summed E-state index contributed by atoms with van der Waals surface area (Å²) in [4.78, 5) is 64.7. The van der Waals surface area contributed by atoms with E-state index < -0.39 is 29.4 Å². The van der Waals surface area contributed by atoms with Gasteiger partial charge in [-0.3, -0.25) is 39.0 Å². The van der Waals surface area contributed by atoms with Gasteiger partial charge in [-0.05, 0) is 91.9 Å². The molecule has 4 aliphatic rings. The Morgan fingerprint density at radius 1 is 0.912 bits per heavy atom. The van der Waals surface area contributed by atoms with Gasteiger partial charge in [0, 0.05) is 76.6 Å². The van der Waals surface area contributed by atoms with Gasteiger partial charge in [-0.2, -0.15) is 0 Å². The van der Waals surface area contributed by atoms with E-state index in [4.69, 9.17) is 11.1 Å². The lowest BCUT2D eigenvalue weighted by Crippen LogP contribution is -2.44. The van der Waals surface area contributed by atoms with Crippen LogP contribution in [0.15, 0.2) is 101 Å². The Hall–Kier alpha value is -7.17. The number of imide groups is 1. The van der Waals surface area contributed by atoms with E-state index in [-0.39, 0.29) is 35.1 Å². The summed E-state index contributed by atoms with van der Waals surface area (Å²) in [5.74, 6) is -2.32. The number of aryl methyl sites for hydroxylation is 2. The molecule has 4 heterocycles. The molecule has 0 radical (unpaired) electrons. The van der Waals surface area contributed by atoms with E-state index in [0.717, 1.165) is 72.6 Å². The van der Waals surface area contributed by atoms with Crippen LogP contribution >= 0.6 is 0 Å². The second-order valence-electron chi connectivity index (χ2n) is 16.1. The monoisotopic (exact) mass is 929 g/mol. The quantitative estimate of drug-likeness (QED) is 0.0696. The van der Waals surface area contributed by atoms with Crippen molar-refractivity contribution in [3.05, 3.63) is 124 Å². The Labute approximate surface area is 397 Å². The summed E-state index contributed by atoms with van der Waals surface area (Å²) in [6, 6.07) is 22.0. The number of carbonyl (C=O) groups excluding carboxylic acids is 4. The molecule has 1 aliphatic carbocycles. The van der Waals surface area contributed by atoms with Crippen LogP contribution in [0.4, 0.5) is 21.5 Å². The Morgan fingerprint density at radius 2 is 1.57 bits per heavy atom. The summed E-state index contributed by atoms with van der Waals surface area (Å²) in [6.45, 7) is 12.4. The number of hydrogen-bond donors (Lipinski definition) is 6. The van der Waals surface area contributed by atoms with Crippen molar-refractivity contribution in [2.45, 2.75) is 65.8 Å². The van der Waals surface area contributed by atoms with E-state index in [9.17, 15) is 24.0 Å². The van der Waals surface area contributed by atoms with Gasteiger partial charge in [0.15, 0.2) is 0 Å². The Bertz CT molecular complexity index is 2770. The number of anilines is 3. The minimum atomic E-state index is -1.01. The number of rotatable bonds is 9. The molecule has 360 valence electrons. The number of aromatic nitrogens is 2. The molecule has 0 spiro atoms. The molecule has 3 aliphatic heterocycles. The molecule has 0 bridgehead atoms. The minimum absolute atomic E-state index is 0.0711. The summed E-state index contributed by atoms with van der Waals surface area (Å²) >= 11 is 0. The number of halogens is 1. The molecule has 3 fully saturated rings. The van der Waals surface area contributed by atoms with Gasteiger partial charge in [0.05, 0.1) is 22.3 Å². The van der Waals surface area contributed by atoms with Gasteiger partial charge in [-0.1, -0.05) is 81.0 Å². The van der Waals surface area contributed by atoms with Gasteiger partial charge >= 0.3 is 5.69 Å². The van der Waals surface area contributed by atoms with Crippen molar-refractivity contribution in [3.8, 4) is 22.3 Å². The lowest BCUT2D eigenvalue weighted by atomic mass is 9.90. The molecule has 0 saturated carbocycles. The molecule has 4 aromatic carbocycles. The summed E-state index contributed by atoms with van der Waals surface area (Å²) in [6.07, 6.45) is 9.02. The predicted octanol–water partition coefficient (Wildman–Crippen LogP) is 6.57. The van der Waals surface area contributed by atoms with Crippen LogP contribution in [0.25, 0.3) is 33.3 Å². The number of nitrogens with two attached hydrogens (primary N) is 2. The molecule has 5 aromatic rings. The van der Waals surface area contributed by atoms with Gasteiger partial charge in [0.1, 0.15) is 17.6 Å². The van der Waals surface area contributed by atoms with Crippen molar-refractivity contribution in [3.63, 3.8) is 0 Å². The zero-order chi connectivity index (χ0) is 49.7. The number of hydrogen-bond acceptors (Lipinski definition) is 10. The van der Waals surface area contributed by atoms with Crippen LogP contribution in [0.1, 0.15) is 70.5 Å². The fraction of sp³-hybridized carbons (Fsp3) is 0.346. The van der Waals surface area contributed by atoms with Gasteiger partial charge in [-0.25, -0.2) is 9.18 Å². The molecule has 1 unspecified atom stereocenters. The van der Waals surface area contributed by atoms with Crippen LogP contribution in [0.5, 0.6) is 0 Å². The molecule has 8 N–H and O–H groups in total. The van der Waals surface area contributed by atoms with Gasteiger partial charge in [0.25, 0.3) is 5.91 Å². The van der Waals surface area contributed by atoms with E-state index in [1.165, 1.54) is 22.8 Å². The molecular weight excluding hydrogens is 864 g/mol. The largest absolute Gasteiger partial charge is 0.387 e. The number of imidazole rings is 1. The van der Waals surface area contributed by atoms with Crippen LogP contribution in [-0.4, -0.2) is 85.3 Å². The van der Waals surface area contributed by atoms with Crippen LogP contribution in [-0.2, 0) is 32.6 Å². The number of piperidine rings is 1. The highest BCUT2D eigenvalue weighted by molar-refractivity contribution is 6.45. The molecular formula is C52H65FN10O5. The zero-order valence-electron chi connectivity index (χ0n) is 40.2. The fourth-order valence-corrected chi connectivity index (χ4v) is 8.47. The first-order valence-electron chi connectivity index (χ1n) is 23.2. The van der Waals surface area contributed by atoms with Crippen molar-refractivity contribution in [1.82, 2.24) is 19.8 Å². The number of nitrogens with one attached hydrogen (secondary N) is 4. The first-order chi connectivity index (χ1) is 32.8. The molecule has 9 rings (SSSR count). The van der Waals surface area contributed by atoms with Crippen molar-refractivity contribution in [2.75, 3.05) is 61.9 Å². The number of allylic oxidation sites excluding steroid dienone is 4. The van der Waals surface area contributed by atoms with Crippen molar-refractivity contribution in [2.24, 2.45) is 18.5 Å². The van der Waals surface area contributed by atoms with Crippen molar-refractivity contribution in [1.29, 1.82) is 5.41 Å². The van der Waals surface area contributed by atoms with Gasteiger partial charge < -0.3 is 31.9 Å². The molecule has 3 saturated heterocycles. The van der Waals surface area contributed by atoms with E-state index in [1.807, 2.05) is 74.5 Å². The predicted molar refractivity (Wildman–Crippen MR) is 272 cm³/mol. The highest BCUT2D eigenvalue weighted by atomic mass is 19.1. The highest BCUT2D eigenvalue weighted by Gasteiger charge is 2.32. The van der Waals surface area contributed by atoms with E-state index in [1.54, 1.807) is 41.8 Å². The number of primary amides is 1. The summed E-state index contributed by atoms with van der Waals surface area (Å²) < 4.78 is 19.0. The smallest absolute Gasteiger partial charge is 0.329 e. The van der Waals surface area contributed by atoms with E-state index in [2.05, 4.69) is 52.6 Å². The van der Waals surface area contributed by atoms with Crippen LogP contribution in [0.3, 0.4) is 0 Å². The number of nitrogens with zero attached hydrogens (tertiary/aromatic N) is 4. The maximum atomic E-state index is 15.8. The zero-order valence-corrected chi connectivity index (χ0v) is 40.2. The number of fused-ring (bicyclic) bond motifs is 1. The molecule has 4 amide bonds. The third kappa shape index (κ3) is 11.3. The van der Waals surface area contributed by atoms with Crippen LogP contribution in [0.2, 0.25) is 0 Å². The lowest BCUT2D eigenvalue weighted by Gasteiger charge is -2.30. The van der Waals surface area contributed by atoms with Crippen LogP contribution < -0.4 is 42.9 Å². The van der Waals surface area contributed by atoms with Crippen molar-refractivity contribution < 1.29 is 23.6 Å².